The van der Waals surface area contributed by atoms with E-state index in [1.54, 1.807) is 7.11 Å². The van der Waals surface area contributed by atoms with Crippen LogP contribution in [-0.4, -0.2) is 23.9 Å². The Labute approximate surface area is 166 Å². The summed E-state index contributed by atoms with van der Waals surface area (Å²) in [6.45, 7) is 0.850. The van der Waals surface area contributed by atoms with Crippen LogP contribution in [-0.2, 0) is 0 Å². The topological polar surface area (TPSA) is 70.8 Å². The molecule has 1 aromatic heterocycles. The zero-order valence-electron chi connectivity index (χ0n) is 15.0. The molecule has 27 heavy (non-hydrogen) atoms. The van der Waals surface area contributed by atoms with Gasteiger partial charge in [-0.1, -0.05) is 34.8 Å². The average molecular weight is 423 g/mol. The van der Waals surface area contributed by atoms with Gasteiger partial charge in [0.15, 0.2) is 5.69 Å². The van der Waals surface area contributed by atoms with Crippen LogP contribution in [0.15, 0.2) is 40.9 Å². The largest absolute Gasteiger partial charge is 0.496 e. The summed E-state index contributed by atoms with van der Waals surface area (Å²) in [5, 5.41) is 22.1. The van der Waals surface area contributed by atoms with Crippen molar-refractivity contribution in [2.45, 2.75) is 19.3 Å². The highest BCUT2D eigenvalue weighted by Crippen LogP contribution is 2.36. The van der Waals surface area contributed by atoms with Gasteiger partial charge in [0, 0.05) is 22.0 Å². The lowest BCUT2D eigenvalue weighted by molar-refractivity contribution is 0.416. The molecule has 0 unspecified atom stereocenters. The van der Waals surface area contributed by atoms with Gasteiger partial charge in [-0.15, -0.1) is 10.2 Å². The fourth-order valence-electron chi connectivity index (χ4n) is 3.24. The van der Waals surface area contributed by atoms with E-state index < -0.39 is 0 Å². The number of fused-ring (bicyclic) bond motifs is 1. The van der Waals surface area contributed by atoms with Crippen LogP contribution in [0.25, 0.3) is 22.0 Å². The van der Waals surface area contributed by atoms with Crippen molar-refractivity contribution in [3.63, 3.8) is 0 Å². The molecule has 0 spiro atoms. The summed E-state index contributed by atoms with van der Waals surface area (Å²) in [6.07, 6.45) is 3.77. The summed E-state index contributed by atoms with van der Waals surface area (Å²) in [4.78, 5) is 0. The molecule has 0 bridgehead atoms. The van der Waals surface area contributed by atoms with Crippen LogP contribution in [0.5, 0.6) is 5.75 Å². The summed E-state index contributed by atoms with van der Waals surface area (Å²) in [5.41, 5.74) is 3.85. The van der Waals surface area contributed by atoms with Gasteiger partial charge in [0.2, 0.25) is 0 Å². The number of benzene rings is 2. The number of ether oxygens (including phenoxy) is 1. The summed E-state index contributed by atoms with van der Waals surface area (Å²) < 4.78 is 6.48. The van der Waals surface area contributed by atoms with Crippen LogP contribution in [0.1, 0.15) is 25.0 Å². The smallest absolute Gasteiger partial charge is 0.186 e. The first-order valence-electron chi connectivity index (χ1n) is 8.98. The van der Waals surface area contributed by atoms with Gasteiger partial charge in [-0.05, 0) is 48.2 Å². The highest BCUT2D eigenvalue weighted by Gasteiger charge is 2.21. The first kappa shape index (κ1) is 17.7. The maximum Gasteiger partial charge on any atom is 0.186 e. The molecule has 4 rings (SSSR count). The van der Waals surface area contributed by atoms with Crippen LogP contribution in [0.3, 0.4) is 0 Å². The molecular weight excluding hydrogens is 404 g/mol. The molecule has 1 saturated carbocycles. The third kappa shape index (κ3) is 3.74. The van der Waals surface area contributed by atoms with Gasteiger partial charge in [0.1, 0.15) is 11.8 Å². The molecule has 0 amide bonds. The molecule has 1 fully saturated rings. The number of hydrogen-bond acceptors (Lipinski definition) is 5. The van der Waals surface area contributed by atoms with E-state index in [0.717, 1.165) is 56.8 Å². The SMILES string of the molecule is COc1cc(Br)ccc1-c1ccc2c(NCCC3CC3)c(C#N)nnc2c1. The third-order valence-electron chi connectivity index (χ3n) is 4.89. The molecule has 0 atom stereocenters. The lowest BCUT2D eigenvalue weighted by atomic mass is 10.0. The second-order valence-corrected chi connectivity index (χ2v) is 7.69. The number of aromatic nitrogens is 2. The minimum absolute atomic E-state index is 0.340. The maximum atomic E-state index is 9.41. The highest BCUT2D eigenvalue weighted by molar-refractivity contribution is 9.10. The molecule has 3 aromatic rings. The van der Waals surface area contributed by atoms with Crippen molar-refractivity contribution in [2.75, 3.05) is 19.0 Å². The van der Waals surface area contributed by atoms with Crippen LogP contribution >= 0.6 is 15.9 Å². The Kier molecular flexibility index (Phi) is 4.95. The maximum absolute atomic E-state index is 9.41. The van der Waals surface area contributed by atoms with E-state index in [2.05, 4.69) is 37.5 Å². The summed E-state index contributed by atoms with van der Waals surface area (Å²) >= 11 is 3.47. The molecule has 0 radical (unpaired) electrons. The van der Waals surface area contributed by atoms with Crippen molar-refractivity contribution in [1.82, 2.24) is 10.2 Å². The predicted octanol–water partition coefficient (Wildman–Crippen LogP) is 5.15. The van der Waals surface area contributed by atoms with E-state index in [-0.39, 0.29) is 0 Å². The number of nitriles is 1. The first-order valence-corrected chi connectivity index (χ1v) is 9.77. The Balaban J connectivity index is 1.73. The zero-order valence-corrected chi connectivity index (χ0v) is 16.6. The monoisotopic (exact) mass is 422 g/mol. The lowest BCUT2D eigenvalue weighted by Gasteiger charge is -2.13. The van der Waals surface area contributed by atoms with Crippen LogP contribution in [0.4, 0.5) is 5.69 Å². The first-order chi connectivity index (χ1) is 13.2. The second kappa shape index (κ2) is 7.53. The normalized spacial score (nSPS) is 13.4. The number of methoxy groups -OCH3 is 1. The van der Waals surface area contributed by atoms with Crippen LogP contribution in [0.2, 0.25) is 0 Å². The molecule has 1 aliphatic rings. The number of nitrogens with one attached hydrogen (secondary N) is 1. The van der Waals surface area contributed by atoms with Gasteiger partial charge < -0.3 is 10.1 Å². The molecule has 2 aromatic carbocycles. The van der Waals surface area contributed by atoms with Crippen molar-refractivity contribution in [1.29, 1.82) is 5.26 Å². The van der Waals surface area contributed by atoms with Gasteiger partial charge in [0.05, 0.1) is 18.3 Å². The van der Waals surface area contributed by atoms with Gasteiger partial charge >= 0.3 is 0 Å². The Hall–Kier alpha value is -2.65. The molecule has 6 heteroatoms. The standard InChI is InChI=1S/C21H19BrN4O/c1-27-20-11-15(22)5-7-16(20)14-4-6-17-18(10-14)25-26-19(12-23)21(17)24-9-8-13-2-3-13/h4-7,10-11,13H,2-3,8-9H2,1H3,(H,24,25). The number of nitrogens with zero attached hydrogens (tertiary/aromatic N) is 3. The molecule has 1 N–H and O–H groups in total. The summed E-state index contributed by atoms with van der Waals surface area (Å²) in [5.74, 6) is 1.62. The van der Waals surface area contributed by atoms with Crippen molar-refractivity contribution >= 4 is 32.5 Å². The minimum atomic E-state index is 0.340. The van der Waals surface area contributed by atoms with E-state index in [9.17, 15) is 5.26 Å². The van der Waals surface area contributed by atoms with Crippen LogP contribution < -0.4 is 10.1 Å². The van der Waals surface area contributed by atoms with E-state index in [0.29, 0.717) is 5.69 Å². The molecule has 0 saturated heterocycles. The molecule has 0 aliphatic heterocycles. The minimum Gasteiger partial charge on any atom is -0.496 e. The van der Waals surface area contributed by atoms with Crippen molar-refractivity contribution in [3.05, 3.63) is 46.6 Å². The fraction of sp³-hybridized carbons (Fsp3) is 0.286. The molecule has 5 nitrogen and oxygen atoms in total. The Morgan fingerprint density at radius 1 is 1.22 bits per heavy atom. The quantitative estimate of drug-likeness (QED) is 0.594. The summed E-state index contributed by atoms with van der Waals surface area (Å²) in [6, 6.07) is 14.1. The van der Waals surface area contributed by atoms with Gasteiger partial charge in [0.25, 0.3) is 0 Å². The number of halogens is 1. The highest BCUT2D eigenvalue weighted by atomic mass is 79.9. The van der Waals surface area contributed by atoms with E-state index in [1.807, 2.05) is 36.4 Å². The van der Waals surface area contributed by atoms with E-state index >= 15 is 0 Å². The summed E-state index contributed by atoms with van der Waals surface area (Å²) in [7, 11) is 1.66. The molecule has 1 aliphatic carbocycles. The van der Waals surface area contributed by atoms with Gasteiger partial charge in [-0.2, -0.15) is 5.26 Å². The van der Waals surface area contributed by atoms with E-state index in [1.165, 1.54) is 12.8 Å². The third-order valence-corrected chi connectivity index (χ3v) is 5.39. The Morgan fingerprint density at radius 3 is 2.81 bits per heavy atom. The lowest BCUT2D eigenvalue weighted by Crippen LogP contribution is -2.07. The zero-order chi connectivity index (χ0) is 18.8. The van der Waals surface area contributed by atoms with Gasteiger partial charge in [-0.3, -0.25) is 0 Å². The average Bonchev–Trinajstić information content (AvgIpc) is 3.52. The van der Waals surface area contributed by atoms with E-state index in [4.69, 9.17) is 4.74 Å². The molecule has 136 valence electrons. The number of anilines is 1. The van der Waals surface area contributed by atoms with Crippen LogP contribution in [0, 0.1) is 17.2 Å². The molecule has 1 heterocycles. The fourth-order valence-corrected chi connectivity index (χ4v) is 3.58. The van der Waals surface area contributed by atoms with Crippen molar-refractivity contribution in [2.24, 2.45) is 5.92 Å². The second-order valence-electron chi connectivity index (χ2n) is 6.77. The Bertz CT molecular complexity index is 1040. The Morgan fingerprint density at radius 2 is 2.07 bits per heavy atom. The predicted molar refractivity (Wildman–Crippen MR) is 110 cm³/mol. The molecular formula is C21H19BrN4O. The van der Waals surface area contributed by atoms with Crippen molar-refractivity contribution < 1.29 is 4.74 Å². The number of rotatable bonds is 6. The number of hydrogen-bond donors (Lipinski definition) is 1. The van der Waals surface area contributed by atoms with Crippen molar-refractivity contribution in [3.8, 4) is 22.9 Å². The van der Waals surface area contributed by atoms with Gasteiger partial charge in [-0.25, -0.2) is 0 Å².